The Hall–Kier alpha value is -3.70. The Balaban J connectivity index is 0.000000674. The molecule has 1 atom stereocenters. The number of hydrogen-bond acceptors (Lipinski definition) is 7. The molecule has 1 aliphatic heterocycles. The summed E-state index contributed by atoms with van der Waals surface area (Å²) in [4.78, 5) is 15.6. The molecule has 1 aliphatic carbocycles. The Bertz CT molecular complexity index is 1210. The molecule has 1 aromatic heterocycles. The number of benzene rings is 2. The Kier molecular flexibility index (Phi) is 9.20. The van der Waals surface area contributed by atoms with E-state index in [0.29, 0.717) is 34.6 Å². The fourth-order valence-electron chi connectivity index (χ4n) is 4.78. The van der Waals surface area contributed by atoms with Gasteiger partial charge in [-0.3, -0.25) is 9.69 Å². The molecule has 0 radical (unpaired) electrons. The molecule has 8 nitrogen and oxygen atoms in total. The molecule has 190 valence electrons. The molecule has 0 bridgehead atoms. The van der Waals surface area contributed by atoms with Crippen LogP contribution >= 0.6 is 0 Å². The second kappa shape index (κ2) is 12.3. The number of nitriles is 1. The third-order valence-corrected chi connectivity index (χ3v) is 6.15. The lowest BCUT2D eigenvalue weighted by Gasteiger charge is -2.42. The molecule has 1 unspecified atom stereocenters. The van der Waals surface area contributed by atoms with Gasteiger partial charge < -0.3 is 14.4 Å². The van der Waals surface area contributed by atoms with Gasteiger partial charge in [-0.05, 0) is 61.9 Å². The molecule has 1 saturated heterocycles. The van der Waals surface area contributed by atoms with Gasteiger partial charge in [0.2, 0.25) is 5.82 Å². The summed E-state index contributed by atoms with van der Waals surface area (Å²) in [5.41, 5.74) is 4.95. The highest BCUT2D eigenvalue weighted by Crippen LogP contribution is 2.42. The maximum atomic E-state index is 9.50. The quantitative estimate of drug-likeness (QED) is 0.451. The molecular weight excluding hydrogens is 456 g/mol. The van der Waals surface area contributed by atoms with Gasteiger partial charge in [-0.15, -0.1) is 0 Å². The van der Waals surface area contributed by atoms with Crippen LogP contribution in [0.5, 0.6) is 5.75 Å². The van der Waals surface area contributed by atoms with Gasteiger partial charge in [-0.25, -0.2) is 0 Å². The van der Waals surface area contributed by atoms with E-state index in [1.807, 2.05) is 33.8 Å². The van der Waals surface area contributed by atoms with Gasteiger partial charge in [0, 0.05) is 30.3 Å². The summed E-state index contributed by atoms with van der Waals surface area (Å²) in [6.07, 6.45) is 2.17. The second-order valence-corrected chi connectivity index (χ2v) is 9.00. The van der Waals surface area contributed by atoms with Crippen molar-refractivity contribution in [1.29, 1.82) is 5.26 Å². The van der Waals surface area contributed by atoms with Gasteiger partial charge in [0.05, 0.1) is 11.7 Å². The standard InChI is InChI=1S/C25H26N4O2.C2H6.CH2O2/c1-15(2)30-23-10-7-17(11-18(23)12-26)25-27-24(28-31-25)21-6-4-5-20-19(21)8-9-22(20)29-13-16(3)14-29;1-2;2-1-3/h4-7,10-11,15-16,22H,8-9,13-14H2,1-3H3;1-2H3;1H,(H,2,3). The SMILES string of the molecule is CC.CC1CN(C2CCc3c(-c4noc(-c5ccc(OC(C)C)c(C#N)c5)n4)cccc32)C1.O=CO. The number of fused-ring (bicyclic) bond motifs is 1. The first kappa shape index (κ1) is 26.9. The minimum absolute atomic E-state index is 0.00330. The maximum absolute atomic E-state index is 9.50. The third kappa shape index (κ3) is 5.74. The van der Waals surface area contributed by atoms with Crippen molar-refractivity contribution in [2.75, 3.05) is 13.1 Å². The van der Waals surface area contributed by atoms with Crippen LogP contribution in [0.4, 0.5) is 0 Å². The monoisotopic (exact) mass is 490 g/mol. The fourth-order valence-corrected chi connectivity index (χ4v) is 4.78. The van der Waals surface area contributed by atoms with Crippen LogP contribution in [-0.4, -0.2) is 45.8 Å². The summed E-state index contributed by atoms with van der Waals surface area (Å²) in [6.45, 7) is 12.3. The number of hydrogen-bond donors (Lipinski definition) is 1. The van der Waals surface area contributed by atoms with Crippen LogP contribution in [0.2, 0.25) is 0 Å². The largest absolute Gasteiger partial charge is 0.490 e. The predicted octanol–water partition coefficient (Wildman–Crippen LogP) is 5.73. The molecule has 2 aromatic carbocycles. The van der Waals surface area contributed by atoms with Gasteiger partial charge in [-0.2, -0.15) is 10.2 Å². The second-order valence-electron chi connectivity index (χ2n) is 9.00. The van der Waals surface area contributed by atoms with E-state index < -0.39 is 0 Å². The maximum Gasteiger partial charge on any atom is 0.290 e. The highest BCUT2D eigenvalue weighted by Gasteiger charge is 2.35. The van der Waals surface area contributed by atoms with E-state index in [2.05, 4.69) is 46.2 Å². The van der Waals surface area contributed by atoms with Crippen LogP contribution in [0.1, 0.15) is 63.8 Å². The van der Waals surface area contributed by atoms with Crippen LogP contribution in [0.3, 0.4) is 0 Å². The first-order valence-corrected chi connectivity index (χ1v) is 12.4. The average Bonchev–Trinajstić information content (AvgIpc) is 3.51. The van der Waals surface area contributed by atoms with Crippen LogP contribution in [0.15, 0.2) is 40.9 Å². The summed E-state index contributed by atoms with van der Waals surface area (Å²) < 4.78 is 11.3. The highest BCUT2D eigenvalue weighted by atomic mass is 16.5. The minimum Gasteiger partial charge on any atom is -0.490 e. The van der Waals surface area contributed by atoms with Crippen LogP contribution in [0.25, 0.3) is 22.8 Å². The van der Waals surface area contributed by atoms with Gasteiger partial charge in [0.25, 0.3) is 12.4 Å². The summed E-state index contributed by atoms with van der Waals surface area (Å²) >= 11 is 0. The molecule has 1 N–H and O–H groups in total. The van der Waals surface area contributed by atoms with Gasteiger partial charge in [-0.1, -0.05) is 44.1 Å². The Morgan fingerprint density at radius 2 is 1.97 bits per heavy atom. The minimum atomic E-state index is -0.250. The lowest BCUT2D eigenvalue weighted by Crippen LogP contribution is -2.46. The number of ether oxygens (including phenoxy) is 1. The topological polar surface area (TPSA) is 112 Å². The predicted molar refractivity (Wildman–Crippen MR) is 137 cm³/mol. The van der Waals surface area contributed by atoms with Crippen LogP contribution < -0.4 is 4.74 Å². The average molecular weight is 491 g/mol. The van der Waals surface area contributed by atoms with Crippen molar-refractivity contribution in [3.63, 3.8) is 0 Å². The molecule has 5 rings (SSSR count). The van der Waals surface area contributed by atoms with E-state index in [0.717, 1.165) is 24.3 Å². The number of aromatic nitrogens is 2. The number of carboxylic acid groups (broad SMARTS) is 1. The van der Waals surface area contributed by atoms with E-state index in [9.17, 15) is 5.26 Å². The fraction of sp³-hybridized carbons (Fsp3) is 0.429. The van der Waals surface area contributed by atoms with E-state index in [1.54, 1.807) is 12.1 Å². The van der Waals surface area contributed by atoms with Crippen LogP contribution in [0, 0.1) is 17.2 Å². The van der Waals surface area contributed by atoms with E-state index in [1.165, 1.54) is 24.2 Å². The molecule has 0 spiro atoms. The van der Waals surface area contributed by atoms with E-state index in [-0.39, 0.29) is 12.6 Å². The number of nitrogens with zero attached hydrogens (tertiary/aromatic N) is 4. The van der Waals surface area contributed by atoms with Gasteiger partial charge in [0.15, 0.2) is 0 Å². The smallest absolute Gasteiger partial charge is 0.290 e. The lowest BCUT2D eigenvalue weighted by molar-refractivity contribution is -0.122. The summed E-state index contributed by atoms with van der Waals surface area (Å²) in [7, 11) is 0. The molecule has 2 aliphatic rings. The summed E-state index contributed by atoms with van der Waals surface area (Å²) in [5.74, 6) is 2.37. The number of rotatable bonds is 5. The van der Waals surface area contributed by atoms with Gasteiger partial charge >= 0.3 is 0 Å². The zero-order valence-corrected chi connectivity index (χ0v) is 21.6. The van der Waals surface area contributed by atoms with Crippen LogP contribution in [-0.2, 0) is 11.2 Å². The number of carbonyl (C=O) groups is 1. The first-order valence-electron chi connectivity index (χ1n) is 12.4. The number of likely N-dealkylation sites (tertiary alicyclic amines) is 1. The van der Waals surface area contributed by atoms with Crippen molar-refractivity contribution >= 4 is 6.47 Å². The Morgan fingerprint density at radius 3 is 2.61 bits per heavy atom. The van der Waals surface area contributed by atoms with Crippen molar-refractivity contribution in [1.82, 2.24) is 15.0 Å². The highest BCUT2D eigenvalue weighted by molar-refractivity contribution is 5.67. The van der Waals surface area contributed by atoms with Crippen molar-refractivity contribution in [3.05, 3.63) is 53.1 Å². The molecule has 3 aromatic rings. The van der Waals surface area contributed by atoms with E-state index in [4.69, 9.17) is 19.2 Å². The zero-order valence-electron chi connectivity index (χ0n) is 21.6. The summed E-state index contributed by atoms with van der Waals surface area (Å²) in [5, 5.41) is 20.7. The third-order valence-electron chi connectivity index (χ3n) is 6.15. The van der Waals surface area contributed by atoms with Crippen molar-refractivity contribution in [2.24, 2.45) is 5.92 Å². The van der Waals surface area contributed by atoms with Crippen molar-refractivity contribution in [2.45, 2.75) is 59.6 Å². The zero-order chi connectivity index (χ0) is 26.2. The van der Waals surface area contributed by atoms with Gasteiger partial charge in [0.1, 0.15) is 11.8 Å². The normalized spacial score (nSPS) is 16.5. The molecule has 1 fully saturated rings. The molecule has 36 heavy (non-hydrogen) atoms. The molecular formula is C28H34N4O4. The Morgan fingerprint density at radius 1 is 1.25 bits per heavy atom. The van der Waals surface area contributed by atoms with Crippen molar-refractivity contribution < 1.29 is 19.2 Å². The van der Waals surface area contributed by atoms with Crippen molar-refractivity contribution in [3.8, 4) is 34.7 Å². The lowest BCUT2D eigenvalue weighted by atomic mass is 9.96. The molecule has 0 saturated carbocycles. The molecule has 0 amide bonds. The molecule has 2 heterocycles. The molecule has 8 heteroatoms. The Labute approximate surface area is 212 Å². The first-order chi connectivity index (χ1) is 17.4. The summed E-state index contributed by atoms with van der Waals surface area (Å²) in [6, 6.07) is 14.5. The van der Waals surface area contributed by atoms with E-state index >= 15 is 0 Å².